The summed E-state index contributed by atoms with van der Waals surface area (Å²) in [5.74, 6) is 0.854. The standard InChI is InChI=1S/C9H13NO3/c11-5-8-6-13-9(10-8)12-4-3-7-1-2-7/h6-7,11H,1-5H2. The van der Waals surface area contributed by atoms with Crippen LogP contribution in [0.2, 0.25) is 0 Å². The van der Waals surface area contributed by atoms with E-state index in [4.69, 9.17) is 14.3 Å². The van der Waals surface area contributed by atoms with Crippen molar-refractivity contribution in [2.75, 3.05) is 6.61 Å². The molecule has 1 aromatic heterocycles. The van der Waals surface area contributed by atoms with Crippen molar-refractivity contribution in [2.24, 2.45) is 5.92 Å². The lowest BCUT2D eigenvalue weighted by Gasteiger charge is -1.98. The molecular weight excluding hydrogens is 170 g/mol. The fourth-order valence-corrected chi connectivity index (χ4v) is 1.15. The lowest BCUT2D eigenvalue weighted by atomic mass is 10.3. The smallest absolute Gasteiger partial charge is 0.393 e. The van der Waals surface area contributed by atoms with Gasteiger partial charge in [0.1, 0.15) is 12.0 Å². The summed E-state index contributed by atoms with van der Waals surface area (Å²) in [6.45, 7) is 0.561. The lowest BCUT2D eigenvalue weighted by Crippen LogP contribution is -1.98. The van der Waals surface area contributed by atoms with E-state index < -0.39 is 0 Å². The molecule has 4 heteroatoms. The Balaban J connectivity index is 1.72. The summed E-state index contributed by atoms with van der Waals surface area (Å²) in [4.78, 5) is 3.91. The van der Waals surface area contributed by atoms with Crippen LogP contribution in [0.4, 0.5) is 0 Å². The van der Waals surface area contributed by atoms with E-state index in [1.54, 1.807) is 0 Å². The van der Waals surface area contributed by atoms with Gasteiger partial charge in [0.25, 0.3) is 0 Å². The van der Waals surface area contributed by atoms with Gasteiger partial charge in [-0.25, -0.2) is 0 Å². The number of nitrogens with zero attached hydrogens (tertiary/aromatic N) is 1. The SMILES string of the molecule is OCc1coc(OCCC2CC2)n1. The molecule has 72 valence electrons. The third-order valence-electron chi connectivity index (χ3n) is 2.14. The number of aromatic nitrogens is 1. The summed E-state index contributed by atoms with van der Waals surface area (Å²) in [6.07, 6.45) is 5.42. The molecule has 1 fully saturated rings. The summed E-state index contributed by atoms with van der Waals surface area (Å²) in [5.41, 5.74) is 0.515. The van der Waals surface area contributed by atoms with E-state index in [0.717, 1.165) is 12.3 Å². The fraction of sp³-hybridized carbons (Fsp3) is 0.667. The second-order valence-corrected chi connectivity index (χ2v) is 3.34. The van der Waals surface area contributed by atoms with Gasteiger partial charge in [-0.1, -0.05) is 12.8 Å². The van der Waals surface area contributed by atoms with Crippen LogP contribution in [0.1, 0.15) is 25.0 Å². The molecule has 0 bridgehead atoms. The summed E-state index contributed by atoms with van der Waals surface area (Å²) in [7, 11) is 0. The fourth-order valence-electron chi connectivity index (χ4n) is 1.15. The summed E-state index contributed by atoms with van der Waals surface area (Å²) in [6, 6.07) is 0. The molecule has 0 amide bonds. The highest BCUT2D eigenvalue weighted by Gasteiger charge is 2.21. The van der Waals surface area contributed by atoms with Crippen molar-refractivity contribution >= 4 is 0 Å². The number of aliphatic hydroxyl groups is 1. The summed E-state index contributed by atoms with van der Waals surface area (Å²) >= 11 is 0. The molecule has 2 rings (SSSR count). The highest BCUT2D eigenvalue weighted by Crippen LogP contribution is 2.32. The van der Waals surface area contributed by atoms with Crippen LogP contribution in [0, 0.1) is 5.92 Å². The van der Waals surface area contributed by atoms with Gasteiger partial charge in [-0.05, 0) is 12.3 Å². The Morgan fingerprint density at radius 3 is 3.08 bits per heavy atom. The first-order valence-electron chi connectivity index (χ1n) is 4.56. The minimum Gasteiger partial charge on any atom is -0.450 e. The van der Waals surface area contributed by atoms with Gasteiger partial charge in [0.05, 0.1) is 13.2 Å². The van der Waals surface area contributed by atoms with Gasteiger partial charge in [-0.15, -0.1) is 0 Å². The largest absolute Gasteiger partial charge is 0.450 e. The Morgan fingerprint density at radius 2 is 2.46 bits per heavy atom. The first-order chi connectivity index (χ1) is 6.38. The van der Waals surface area contributed by atoms with E-state index in [9.17, 15) is 0 Å². The average molecular weight is 183 g/mol. The molecule has 1 aromatic rings. The first-order valence-corrected chi connectivity index (χ1v) is 4.56. The van der Waals surface area contributed by atoms with Crippen LogP contribution in [-0.2, 0) is 6.61 Å². The van der Waals surface area contributed by atoms with Crippen LogP contribution in [0.25, 0.3) is 0 Å². The molecule has 4 nitrogen and oxygen atoms in total. The maximum absolute atomic E-state index is 8.70. The van der Waals surface area contributed by atoms with Crippen LogP contribution >= 0.6 is 0 Å². The van der Waals surface area contributed by atoms with Crippen molar-refractivity contribution in [3.05, 3.63) is 12.0 Å². The number of hydrogen-bond acceptors (Lipinski definition) is 4. The second-order valence-electron chi connectivity index (χ2n) is 3.34. The molecule has 0 atom stereocenters. The van der Waals surface area contributed by atoms with E-state index in [1.807, 2.05) is 0 Å². The zero-order valence-electron chi connectivity index (χ0n) is 7.40. The Bertz CT molecular complexity index is 268. The Hall–Kier alpha value is -1.03. The van der Waals surface area contributed by atoms with Gasteiger partial charge in [0.15, 0.2) is 0 Å². The minimum atomic E-state index is -0.102. The molecule has 1 saturated carbocycles. The van der Waals surface area contributed by atoms with Gasteiger partial charge < -0.3 is 14.3 Å². The third kappa shape index (κ3) is 2.45. The van der Waals surface area contributed by atoms with E-state index in [0.29, 0.717) is 12.3 Å². The lowest BCUT2D eigenvalue weighted by molar-refractivity contribution is 0.222. The molecule has 1 aliphatic carbocycles. The van der Waals surface area contributed by atoms with Crippen molar-refractivity contribution in [1.29, 1.82) is 0 Å². The number of oxazole rings is 1. The zero-order chi connectivity index (χ0) is 9.10. The normalized spacial score (nSPS) is 16.1. The summed E-state index contributed by atoms with van der Waals surface area (Å²) < 4.78 is 10.2. The van der Waals surface area contributed by atoms with Gasteiger partial charge in [-0.3, -0.25) is 0 Å². The highest BCUT2D eigenvalue weighted by atomic mass is 16.6. The molecule has 13 heavy (non-hydrogen) atoms. The molecule has 0 spiro atoms. The quantitative estimate of drug-likeness (QED) is 0.748. The average Bonchev–Trinajstić information content (AvgIpc) is 2.84. The Kier molecular flexibility index (Phi) is 2.49. The van der Waals surface area contributed by atoms with E-state index in [1.165, 1.54) is 19.1 Å². The number of ether oxygens (including phenoxy) is 1. The van der Waals surface area contributed by atoms with Crippen molar-refractivity contribution < 1.29 is 14.3 Å². The minimum absolute atomic E-state index is 0.102. The van der Waals surface area contributed by atoms with Gasteiger partial charge >= 0.3 is 6.08 Å². The molecule has 0 saturated heterocycles. The van der Waals surface area contributed by atoms with Crippen molar-refractivity contribution in [3.8, 4) is 6.08 Å². The topological polar surface area (TPSA) is 55.5 Å². The summed E-state index contributed by atoms with van der Waals surface area (Å²) in [5, 5.41) is 8.70. The molecule has 0 aliphatic heterocycles. The van der Waals surface area contributed by atoms with Crippen molar-refractivity contribution in [1.82, 2.24) is 4.98 Å². The monoisotopic (exact) mass is 183 g/mol. The Morgan fingerprint density at radius 1 is 1.62 bits per heavy atom. The molecule has 1 heterocycles. The zero-order valence-corrected chi connectivity index (χ0v) is 7.40. The second kappa shape index (κ2) is 3.79. The highest BCUT2D eigenvalue weighted by molar-refractivity contribution is 4.97. The van der Waals surface area contributed by atoms with E-state index in [-0.39, 0.29) is 12.7 Å². The first kappa shape index (κ1) is 8.56. The molecule has 1 aliphatic rings. The molecule has 1 N–H and O–H groups in total. The maximum Gasteiger partial charge on any atom is 0.393 e. The van der Waals surface area contributed by atoms with Crippen LogP contribution in [0.5, 0.6) is 6.08 Å². The van der Waals surface area contributed by atoms with Crippen LogP contribution < -0.4 is 4.74 Å². The maximum atomic E-state index is 8.70. The van der Waals surface area contributed by atoms with E-state index >= 15 is 0 Å². The van der Waals surface area contributed by atoms with Crippen LogP contribution in [0.3, 0.4) is 0 Å². The van der Waals surface area contributed by atoms with Gasteiger partial charge in [0.2, 0.25) is 0 Å². The Labute approximate surface area is 76.5 Å². The van der Waals surface area contributed by atoms with Crippen LogP contribution in [-0.4, -0.2) is 16.7 Å². The molecule has 0 unspecified atom stereocenters. The van der Waals surface area contributed by atoms with Gasteiger partial charge in [0, 0.05) is 0 Å². The number of aliphatic hydroxyl groups excluding tert-OH is 1. The van der Waals surface area contributed by atoms with Crippen LogP contribution in [0.15, 0.2) is 10.7 Å². The van der Waals surface area contributed by atoms with Crippen molar-refractivity contribution in [3.63, 3.8) is 0 Å². The molecule has 0 aromatic carbocycles. The predicted molar refractivity (Wildman–Crippen MR) is 45.3 cm³/mol. The number of hydrogen-bond donors (Lipinski definition) is 1. The van der Waals surface area contributed by atoms with Crippen molar-refractivity contribution in [2.45, 2.75) is 25.9 Å². The third-order valence-corrected chi connectivity index (χ3v) is 2.14. The predicted octanol–water partition coefficient (Wildman–Crippen LogP) is 1.35. The molecular formula is C9H13NO3. The molecule has 0 radical (unpaired) electrons. The number of rotatable bonds is 5. The van der Waals surface area contributed by atoms with Gasteiger partial charge in [-0.2, -0.15) is 4.98 Å². The van der Waals surface area contributed by atoms with E-state index in [2.05, 4.69) is 4.98 Å².